The quantitative estimate of drug-likeness (QED) is 0.687. The molecule has 0 fully saturated rings. The predicted molar refractivity (Wildman–Crippen MR) is 96.6 cm³/mol. The van der Waals surface area contributed by atoms with Gasteiger partial charge in [-0.05, 0) is 50.1 Å². The highest BCUT2D eigenvalue weighted by Crippen LogP contribution is 2.34. The summed E-state index contributed by atoms with van der Waals surface area (Å²) >= 11 is 13.1. The number of carbonyl (C=O) groups is 1. The lowest BCUT2D eigenvalue weighted by molar-refractivity contribution is 0.102. The fourth-order valence-corrected chi connectivity index (χ4v) is 4.67. The summed E-state index contributed by atoms with van der Waals surface area (Å²) in [7, 11) is 1.52. The van der Waals surface area contributed by atoms with E-state index in [2.05, 4.69) is 37.2 Å². The van der Waals surface area contributed by atoms with E-state index in [4.69, 9.17) is 22.7 Å². The summed E-state index contributed by atoms with van der Waals surface area (Å²) in [5.41, 5.74) is 7.24. The lowest BCUT2D eigenvalue weighted by Gasteiger charge is -2.14. The molecule has 0 spiro atoms. The molecule has 0 aliphatic carbocycles. The molecule has 1 amide bonds. The van der Waals surface area contributed by atoms with Crippen molar-refractivity contribution in [2.45, 2.75) is 0 Å². The maximum atomic E-state index is 12.4. The lowest BCUT2D eigenvalue weighted by Crippen LogP contribution is -2.18. The van der Waals surface area contributed by atoms with Crippen molar-refractivity contribution in [2.75, 3.05) is 12.4 Å². The number of methoxy groups -OCH3 is 1. The van der Waals surface area contributed by atoms with E-state index in [1.807, 2.05) is 0 Å². The van der Waals surface area contributed by atoms with Crippen LogP contribution in [0.2, 0.25) is 0 Å². The molecule has 0 aliphatic rings. The van der Waals surface area contributed by atoms with E-state index >= 15 is 0 Å². The molecule has 4 nitrogen and oxygen atoms in total. The molecule has 3 N–H and O–H groups in total. The van der Waals surface area contributed by atoms with Crippen molar-refractivity contribution < 1.29 is 9.53 Å². The molecule has 2 rings (SSSR count). The summed E-state index contributed by atoms with van der Waals surface area (Å²) in [6.45, 7) is 0. The number of halogens is 2. The van der Waals surface area contributed by atoms with E-state index in [-0.39, 0.29) is 10.9 Å². The molecule has 8 heteroatoms. The first-order valence-corrected chi connectivity index (χ1v) is 8.48. The van der Waals surface area contributed by atoms with Gasteiger partial charge in [0.2, 0.25) is 0 Å². The van der Waals surface area contributed by atoms with Crippen LogP contribution in [0.15, 0.2) is 31.8 Å². The molecule has 1 aromatic heterocycles. The van der Waals surface area contributed by atoms with Gasteiger partial charge in [0.15, 0.2) is 0 Å². The molecule has 1 aromatic carbocycles. The lowest BCUT2D eigenvalue weighted by atomic mass is 10.1. The third kappa shape index (κ3) is 3.63. The van der Waals surface area contributed by atoms with Crippen LogP contribution >= 0.6 is 55.4 Å². The van der Waals surface area contributed by atoms with E-state index in [1.165, 1.54) is 18.4 Å². The number of carbonyl (C=O) groups excluding carboxylic acids is 1. The third-order valence-corrected chi connectivity index (χ3v) is 5.21. The van der Waals surface area contributed by atoms with Gasteiger partial charge in [-0.1, -0.05) is 18.3 Å². The Labute approximate surface area is 147 Å². The fourth-order valence-electron chi connectivity index (χ4n) is 1.71. The van der Waals surface area contributed by atoms with Crippen molar-refractivity contribution in [1.29, 1.82) is 0 Å². The van der Waals surface area contributed by atoms with E-state index in [0.29, 0.717) is 22.6 Å². The van der Waals surface area contributed by atoms with Crippen LogP contribution in [0, 0.1) is 0 Å². The number of para-hydroxylation sites is 1. The van der Waals surface area contributed by atoms with Gasteiger partial charge < -0.3 is 15.8 Å². The molecule has 0 bridgehead atoms. The molecule has 1 heterocycles. The van der Waals surface area contributed by atoms with Gasteiger partial charge in [0, 0.05) is 5.56 Å². The molecule has 0 saturated heterocycles. The molecular formula is C13H10Br2N2O2S2. The highest BCUT2D eigenvalue weighted by atomic mass is 79.9. The van der Waals surface area contributed by atoms with Crippen LogP contribution in [0.3, 0.4) is 0 Å². The summed E-state index contributed by atoms with van der Waals surface area (Å²) in [5.74, 6) is 0.227. The number of amides is 1. The largest absolute Gasteiger partial charge is 0.495 e. The molecule has 0 saturated carbocycles. The van der Waals surface area contributed by atoms with Crippen molar-refractivity contribution >= 4 is 72.0 Å². The summed E-state index contributed by atoms with van der Waals surface area (Å²) < 4.78 is 6.85. The number of thiocarbonyl (C=S) groups is 1. The van der Waals surface area contributed by atoms with Crippen molar-refractivity contribution in [3.63, 3.8) is 0 Å². The number of nitrogens with one attached hydrogen (secondary N) is 1. The second-order valence-corrected chi connectivity index (χ2v) is 8.13. The third-order valence-electron chi connectivity index (χ3n) is 2.65. The van der Waals surface area contributed by atoms with E-state index in [0.717, 1.165) is 7.57 Å². The van der Waals surface area contributed by atoms with Crippen LogP contribution in [-0.4, -0.2) is 18.0 Å². The first kappa shape index (κ1) is 16.4. The Morgan fingerprint density at radius 3 is 2.62 bits per heavy atom. The summed E-state index contributed by atoms with van der Waals surface area (Å²) in [5, 5.41) is 2.81. The van der Waals surface area contributed by atoms with Crippen molar-refractivity contribution in [3.8, 4) is 5.75 Å². The predicted octanol–water partition coefficient (Wildman–Crippen LogP) is 4.17. The average Bonchev–Trinajstić information content (AvgIpc) is 2.77. The number of hydrogen-bond donors (Lipinski definition) is 2. The number of rotatable bonds is 4. The monoisotopic (exact) mass is 448 g/mol. The molecule has 0 radical (unpaired) electrons. The highest BCUT2D eigenvalue weighted by Gasteiger charge is 2.18. The minimum absolute atomic E-state index is 0.190. The van der Waals surface area contributed by atoms with Gasteiger partial charge in [0.05, 0.1) is 25.9 Å². The number of anilines is 1. The Bertz CT molecular complexity index is 716. The number of thiophene rings is 1. The van der Waals surface area contributed by atoms with Crippen LogP contribution in [0.5, 0.6) is 5.75 Å². The molecule has 0 atom stereocenters. The summed E-state index contributed by atoms with van der Waals surface area (Å²) in [6, 6.07) is 6.97. The standard InChI is InChI=1S/C13H10Br2N2O2S2/c1-19-8-4-2-3-6(12(16)20)10(8)17-13(18)7-5-9(14)21-11(7)15/h2-5H,1H3,(H2,16,20)(H,17,18). The summed E-state index contributed by atoms with van der Waals surface area (Å²) in [4.78, 5) is 12.6. The fraction of sp³-hybridized carbons (Fsp3) is 0.0769. The van der Waals surface area contributed by atoms with Gasteiger partial charge in [-0.2, -0.15) is 0 Å². The average molecular weight is 450 g/mol. The van der Waals surface area contributed by atoms with E-state index in [1.54, 1.807) is 24.3 Å². The van der Waals surface area contributed by atoms with Gasteiger partial charge in [-0.15, -0.1) is 11.3 Å². The zero-order valence-electron chi connectivity index (χ0n) is 10.8. The molecule has 21 heavy (non-hydrogen) atoms. The maximum Gasteiger partial charge on any atom is 0.257 e. The van der Waals surface area contributed by atoms with E-state index in [9.17, 15) is 4.79 Å². The molecule has 0 unspecified atom stereocenters. The van der Waals surface area contributed by atoms with Gasteiger partial charge in [0.1, 0.15) is 10.7 Å². The first-order valence-electron chi connectivity index (χ1n) is 5.67. The van der Waals surface area contributed by atoms with Crippen LogP contribution in [0.1, 0.15) is 15.9 Å². The number of benzene rings is 1. The Balaban J connectivity index is 2.41. The van der Waals surface area contributed by atoms with Gasteiger partial charge in [-0.3, -0.25) is 4.79 Å². The topological polar surface area (TPSA) is 64.3 Å². The van der Waals surface area contributed by atoms with Crippen molar-refractivity contribution in [1.82, 2.24) is 0 Å². The number of nitrogens with two attached hydrogens (primary N) is 1. The van der Waals surface area contributed by atoms with Crippen LogP contribution in [0.4, 0.5) is 5.69 Å². The maximum absolute atomic E-state index is 12.4. The van der Waals surface area contributed by atoms with Crippen LogP contribution in [-0.2, 0) is 0 Å². The second-order valence-electron chi connectivity index (χ2n) is 3.94. The van der Waals surface area contributed by atoms with Gasteiger partial charge >= 0.3 is 0 Å². The molecule has 2 aromatic rings. The number of hydrogen-bond acceptors (Lipinski definition) is 4. The normalized spacial score (nSPS) is 10.2. The molecule has 0 aliphatic heterocycles. The van der Waals surface area contributed by atoms with Gasteiger partial charge in [0.25, 0.3) is 5.91 Å². The molecular weight excluding hydrogens is 440 g/mol. The molecule has 110 valence electrons. The Hall–Kier alpha value is -0.960. The van der Waals surface area contributed by atoms with E-state index < -0.39 is 0 Å². The van der Waals surface area contributed by atoms with Crippen molar-refractivity contribution in [2.24, 2.45) is 5.73 Å². The first-order chi connectivity index (χ1) is 9.93. The summed E-state index contributed by atoms with van der Waals surface area (Å²) in [6.07, 6.45) is 0. The van der Waals surface area contributed by atoms with Crippen LogP contribution in [0.25, 0.3) is 0 Å². The van der Waals surface area contributed by atoms with Crippen LogP contribution < -0.4 is 15.8 Å². The number of ether oxygens (including phenoxy) is 1. The minimum atomic E-state index is -0.272. The SMILES string of the molecule is COc1cccc(C(N)=S)c1NC(=O)c1cc(Br)sc1Br. The minimum Gasteiger partial charge on any atom is -0.495 e. The van der Waals surface area contributed by atoms with Crippen molar-refractivity contribution in [3.05, 3.63) is 43.0 Å². The zero-order chi connectivity index (χ0) is 15.6. The Kier molecular flexibility index (Phi) is 5.37. The second kappa shape index (κ2) is 6.87. The zero-order valence-corrected chi connectivity index (χ0v) is 15.6. The Morgan fingerprint density at radius 2 is 2.10 bits per heavy atom. The highest BCUT2D eigenvalue weighted by molar-refractivity contribution is 9.12. The Morgan fingerprint density at radius 1 is 1.38 bits per heavy atom. The smallest absolute Gasteiger partial charge is 0.257 e. The van der Waals surface area contributed by atoms with Gasteiger partial charge in [-0.25, -0.2) is 0 Å².